The van der Waals surface area contributed by atoms with E-state index in [0.717, 1.165) is 161 Å². The Morgan fingerprint density at radius 2 is 0.790 bits per heavy atom. The summed E-state index contributed by atoms with van der Waals surface area (Å²) in [5.41, 5.74) is 12.8. The Kier molecular flexibility index (Phi) is 7.79. The van der Waals surface area contributed by atoms with Crippen molar-refractivity contribution in [1.29, 1.82) is 10.5 Å². The summed E-state index contributed by atoms with van der Waals surface area (Å²) < 4.78 is 17.9. The Balaban J connectivity index is 1.27. The van der Waals surface area contributed by atoms with E-state index in [4.69, 9.17) is 8.83 Å². The Morgan fingerprint density at radius 3 is 1.24 bits per heavy atom. The second-order valence-electron chi connectivity index (χ2n) is 17.7. The van der Waals surface area contributed by atoms with Gasteiger partial charge in [-0.3, -0.25) is 0 Å². The van der Waals surface area contributed by atoms with Gasteiger partial charge in [0.15, 0.2) is 0 Å². The molecule has 0 amide bonds. The van der Waals surface area contributed by atoms with Gasteiger partial charge in [-0.1, -0.05) is 111 Å². The molecule has 13 rings (SSSR count). The number of furan rings is 2. The maximum Gasteiger partial charge on any atom is 0.136 e. The van der Waals surface area contributed by atoms with E-state index >= 15 is 0 Å². The van der Waals surface area contributed by atoms with Gasteiger partial charge in [0.2, 0.25) is 0 Å². The molecular weight excluding hydrogens is 761 g/mol. The third-order valence-electron chi connectivity index (χ3n) is 14.6. The van der Waals surface area contributed by atoms with Gasteiger partial charge >= 0.3 is 0 Å². The van der Waals surface area contributed by atoms with Gasteiger partial charge in [-0.2, -0.15) is 10.5 Å². The van der Waals surface area contributed by atoms with Crippen LogP contribution in [0.25, 0.3) is 98.9 Å². The maximum atomic E-state index is 11.9. The Hall–Kier alpha value is -7.28. The molecule has 0 atom stereocenters. The van der Waals surface area contributed by atoms with Crippen molar-refractivity contribution in [1.82, 2.24) is 9.13 Å². The number of hydrogen-bond donors (Lipinski definition) is 0. The molecule has 62 heavy (non-hydrogen) atoms. The van der Waals surface area contributed by atoms with Crippen LogP contribution in [-0.2, 0) is 0 Å². The number of aromatic nitrogens is 2. The number of fused-ring (bicyclic) bond motifs is 14. The largest absolute Gasteiger partial charge is 0.456 e. The first kappa shape index (κ1) is 35.5. The lowest BCUT2D eigenvalue weighted by Gasteiger charge is -2.33. The predicted molar refractivity (Wildman–Crippen MR) is 251 cm³/mol. The third kappa shape index (κ3) is 4.84. The van der Waals surface area contributed by atoms with Crippen molar-refractivity contribution in [2.24, 2.45) is 0 Å². The van der Waals surface area contributed by atoms with E-state index in [1.165, 1.54) is 12.8 Å². The van der Waals surface area contributed by atoms with Crippen LogP contribution in [0.3, 0.4) is 0 Å². The van der Waals surface area contributed by atoms with Crippen molar-refractivity contribution in [2.75, 3.05) is 0 Å². The van der Waals surface area contributed by atoms with Gasteiger partial charge in [-0.15, -0.1) is 0 Å². The summed E-state index contributed by atoms with van der Waals surface area (Å²) in [6, 6.07) is 48.4. The summed E-state index contributed by atoms with van der Waals surface area (Å²) in [5.74, 6) is 0.207. The van der Waals surface area contributed by atoms with E-state index in [9.17, 15) is 10.5 Å². The molecule has 2 saturated carbocycles. The van der Waals surface area contributed by atoms with Crippen LogP contribution in [0.4, 0.5) is 0 Å². The van der Waals surface area contributed by atoms with Crippen LogP contribution in [0, 0.1) is 22.7 Å². The number of nitriles is 2. The molecule has 0 aliphatic heterocycles. The summed E-state index contributed by atoms with van der Waals surface area (Å²) >= 11 is 0. The highest BCUT2D eigenvalue weighted by Gasteiger charge is 2.37. The van der Waals surface area contributed by atoms with E-state index in [-0.39, 0.29) is 11.8 Å². The number of nitrogens with zero attached hydrogens (tertiary/aromatic N) is 4. The Labute approximate surface area is 357 Å². The first-order chi connectivity index (χ1) is 30.7. The second kappa shape index (κ2) is 13.6. The van der Waals surface area contributed by atoms with Crippen LogP contribution in [0.2, 0.25) is 0 Å². The molecule has 0 saturated heterocycles. The second-order valence-corrected chi connectivity index (χ2v) is 17.7. The fourth-order valence-corrected chi connectivity index (χ4v) is 12.1. The van der Waals surface area contributed by atoms with Crippen molar-refractivity contribution < 1.29 is 8.83 Å². The lowest BCUT2D eigenvalue weighted by Crippen LogP contribution is -2.20. The van der Waals surface area contributed by atoms with Crippen LogP contribution >= 0.6 is 0 Å². The van der Waals surface area contributed by atoms with E-state index in [0.29, 0.717) is 11.1 Å². The molecule has 4 heterocycles. The number of rotatable bonds is 4. The standard InChI is InChI=1S/C56H42N4O2/c57-31-39-49(33-15-3-1-4-16-33)40(32-58)56(60-42-24-12-8-20-36(42)52-44(60)28-30-48-54(52)38-22-10-14-26-46(38)62-48)50(34-17-5-2-6-18-34)55(39)59-41-23-11-7-19-35(41)51-43(59)27-29-47-53(51)37-21-9-13-25-45(37)61-47/h7-14,19-30,33-34H,1-6,15-18H2. The van der Waals surface area contributed by atoms with Crippen LogP contribution in [0.5, 0.6) is 0 Å². The van der Waals surface area contributed by atoms with Crippen LogP contribution < -0.4 is 0 Å². The zero-order valence-electron chi connectivity index (χ0n) is 34.4. The summed E-state index contributed by atoms with van der Waals surface area (Å²) in [7, 11) is 0. The molecule has 6 heteroatoms. The molecule has 11 aromatic rings. The fourth-order valence-electron chi connectivity index (χ4n) is 12.1. The monoisotopic (exact) mass is 802 g/mol. The van der Waals surface area contributed by atoms with Crippen molar-refractivity contribution in [3.05, 3.63) is 144 Å². The molecule has 7 aromatic carbocycles. The minimum atomic E-state index is 0.0844. The molecule has 2 aliphatic rings. The van der Waals surface area contributed by atoms with Crippen LogP contribution in [-0.4, -0.2) is 9.13 Å². The predicted octanol–water partition coefficient (Wildman–Crippen LogP) is 15.5. The molecule has 0 bridgehead atoms. The molecular formula is C56H42N4O2. The Bertz CT molecular complexity index is 3530. The van der Waals surface area contributed by atoms with Gasteiger partial charge in [0, 0.05) is 48.7 Å². The average Bonchev–Trinajstić information content (AvgIpc) is 4.08. The normalized spacial score (nSPS) is 15.6. The van der Waals surface area contributed by atoms with Crippen molar-refractivity contribution in [3.63, 3.8) is 0 Å². The third-order valence-corrected chi connectivity index (χ3v) is 14.6. The minimum Gasteiger partial charge on any atom is -0.456 e. The smallest absolute Gasteiger partial charge is 0.136 e. The summed E-state index contributed by atoms with van der Waals surface area (Å²) in [6.45, 7) is 0. The first-order valence-corrected chi connectivity index (χ1v) is 22.4. The summed E-state index contributed by atoms with van der Waals surface area (Å²) in [4.78, 5) is 0. The minimum absolute atomic E-state index is 0.0844. The van der Waals surface area contributed by atoms with Gasteiger partial charge < -0.3 is 18.0 Å². The van der Waals surface area contributed by atoms with Gasteiger partial charge in [-0.25, -0.2) is 0 Å². The SMILES string of the molecule is N#Cc1c(C2CCCCC2)c(C#N)c(-n2c3ccccc3c3c4c(ccc32)oc2ccccc24)c(C2CCCCC2)c1-n1c2ccccc2c2c3c(ccc21)oc1ccccc13. The molecule has 4 aromatic heterocycles. The highest BCUT2D eigenvalue weighted by molar-refractivity contribution is 6.29. The molecule has 0 radical (unpaired) electrons. The van der Waals surface area contributed by atoms with Gasteiger partial charge in [0.1, 0.15) is 34.5 Å². The van der Waals surface area contributed by atoms with Gasteiger partial charge in [0.25, 0.3) is 0 Å². The van der Waals surface area contributed by atoms with E-state index in [2.05, 4.69) is 118 Å². The summed E-state index contributed by atoms with van der Waals surface area (Å²) in [5, 5.41) is 32.5. The van der Waals surface area contributed by atoms with Crippen LogP contribution in [0.1, 0.15) is 98.3 Å². The molecule has 6 nitrogen and oxygen atoms in total. The number of benzene rings is 7. The lowest BCUT2D eigenvalue weighted by molar-refractivity contribution is 0.437. The van der Waals surface area contributed by atoms with Crippen LogP contribution in [0.15, 0.2) is 130 Å². The molecule has 0 spiro atoms. The van der Waals surface area contributed by atoms with Gasteiger partial charge in [-0.05, 0) is 91.6 Å². The molecule has 298 valence electrons. The highest BCUT2D eigenvalue weighted by atomic mass is 16.3. The zero-order valence-corrected chi connectivity index (χ0v) is 34.4. The van der Waals surface area contributed by atoms with E-state index in [1.807, 2.05) is 24.3 Å². The number of para-hydroxylation sites is 4. The van der Waals surface area contributed by atoms with Gasteiger partial charge in [0.05, 0.1) is 44.6 Å². The molecule has 2 aliphatic carbocycles. The summed E-state index contributed by atoms with van der Waals surface area (Å²) in [6.07, 6.45) is 10.6. The van der Waals surface area contributed by atoms with Crippen molar-refractivity contribution in [3.8, 4) is 23.5 Å². The first-order valence-electron chi connectivity index (χ1n) is 22.4. The average molecular weight is 803 g/mol. The van der Waals surface area contributed by atoms with Crippen molar-refractivity contribution in [2.45, 2.75) is 76.0 Å². The maximum absolute atomic E-state index is 11.9. The number of hydrogen-bond acceptors (Lipinski definition) is 4. The Morgan fingerprint density at radius 1 is 0.387 bits per heavy atom. The van der Waals surface area contributed by atoms with E-state index in [1.54, 1.807) is 0 Å². The zero-order chi connectivity index (χ0) is 41.1. The fraction of sp³-hybridized carbons (Fsp3) is 0.214. The molecule has 0 N–H and O–H groups in total. The lowest BCUT2D eigenvalue weighted by atomic mass is 9.74. The van der Waals surface area contributed by atoms with Crippen molar-refractivity contribution >= 4 is 87.5 Å². The molecule has 0 unspecified atom stereocenters. The molecule has 2 fully saturated rings. The van der Waals surface area contributed by atoms with E-state index < -0.39 is 0 Å². The topological polar surface area (TPSA) is 83.7 Å². The highest BCUT2D eigenvalue weighted by Crippen LogP contribution is 2.52. The quantitative estimate of drug-likeness (QED) is 0.177.